The van der Waals surface area contributed by atoms with Gasteiger partial charge in [0.1, 0.15) is 6.61 Å². The Morgan fingerprint density at radius 1 is 1.11 bits per heavy atom. The molecule has 5 nitrogen and oxygen atoms in total. The lowest BCUT2D eigenvalue weighted by Gasteiger charge is -2.20. The summed E-state index contributed by atoms with van der Waals surface area (Å²) in [6.45, 7) is 6.97. The molecule has 1 amide bonds. The van der Waals surface area contributed by atoms with Crippen molar-refractivity contribution in [3.05, 3.63) is 0 Å². The number of nitrogens with zero attached hydrogens (tertiary/aromatic N) is 1. The van der Waals surface area contributed by atoms with Gasteiger partial charge in [0.2, 0.25) is 5.91 Å². The van der Waals surface area contributed by atoms with Gasteiger partial charge in [0.25, 0.3) is 0 Å². The number of likely N-dealkylation sites (N-methyl/N-ethyl adjacent to an activating group) is 1. The highest BCUT2D eigenvalue weighted by molar-refractivity contribution is 5.78. The molecule has 19 heavy (non-hydrogen) atoms. The molecule has 0 aliphatic carbocycles. The smallest absolute Gasteiger partial charge is 0.332 e. The standard InChI is InChI=1S/C14H27NO4/c1-4-7-8-9-10-12(14(17)18)19-11-13(16)15(5-2)6-3/h12H,4-11H2,1-3H3,(H,17,18). The van der Waals surface area contributed by atoms with Gasteiger partial charge in [-0.15, -0.1) is 0 Å². The molecule has 1 unspecified atom stereocenters. The number of carbonyl (C=O) groups excluding carboxylic acids is 1. The molecule has 0 rings (SSSR count). The Morgan fingerprint density at radius 2 is 1.74 bits per heavy atom. The molecule has 112 valence electrons. The minimum Gasteiger partial charge on any atom is -0.479 e. The van der Waals surface area contributed by atoms with Crippen LogP contribution in [0.5, 0.6) is 0 Å². The molecule has 0 bridgehead atoms. The maximum atomic E-state index is 11.7. The van der Waals surface area contributed by atoms with Crippen LogP contribution in [0.4, 0.5) is 0 Å². The summed E-state index contributed by atoms with van der Waals surface area (Å²) in [5.41, 5.74) is 0. The molecule has 0 saturated heterocycles. The summed E-state index contributed by atoms with van der Waals surface area (Å²) < 4.78 is 5.24. The van der Waals surface area contributed by atoms with Gasteiger partial charge in [-0.25, -0.2) is 4.79 Å². The van der Waals surface area contributed by atoms with Crippen molar-refractivity contribution in [1.29, 1.82) is 0 Å². The Balaban J connectivity index is 4.06. The second kappa shape index (κ2) is 10.8. The van der Waals surface area contributed by atoms with Crippen LogP contribution < -0.4 is 0 Å². The van der Waals surface area contributed by atoms with E-state index >= 15 is 0 Å². The average Bonchev–Trinajstić information content (AvgIpc) is 2.38. The minimum absolute atomic E-state index is 0.146. The fourth-order valence-electron chi connectivity index (χ4n) is 1.87. The van der Waals surface area contributed by atoms with Gasteiger partial charge in [-0.05, 0) is 20.3 Å². The lowest BCUT2D eigenvalue weighted by molar-refractivity contribution is -0.154. The van der Waals surface area contributed by atoms with Crippen molar-refractivity contribution in [3.63, 3.8) is 0 Å². The molecule has 0 heterocycles. The lowest BCUT2D eigenvalue weighted by Crippen LogP contribution is -2.36. The summed E-state index contributed by atoms with van der Waals surface area (Å²) in [5.74, 6) is -1.13. The zero-order valence-corrected chi connectivity index (χ0v) is 12.4. The van der Waals surface area contributed by atoms with Crippen LogP contribution in [0.15, 0.2) is 0 Å². The van der Waals surface area contributed by atoms with Crippen LogP contribution in [0.2, 0.25) is 0 Å². The SMILES string of the molecule is CCCCCCC(OCC(=O)N(CC)CC)C(=O)O. The molecule has 0 aromatic rings. The largest absolute Gasteiger partial charge is 0.479 e. The summed E-state index contributed by atoms with van der Waals surface area (Å²) >= 11 is 0. The minimum atomic E-state index is -0.983. The molecule has 0 aliphatic rings. The fourth-order valence-corrected chi connectivity index (χ4v) is 1.87. The molecule has 0 fully saturated rings. The normalized spacial score (nSPS) is 12.2. The number of ether oxygens (including phenoxy) is 1. The number of aliphatic carboxylic acids is 1. The summed E-state index contributed by atoms with van der Waals surface area (Å²) in [6, 6.07) is 0. The van der Waals surface area contributed by atoms with Crippen molar-refractivity contribution in [3.8, 4) is 0 Å². The summed E-state index contributed by atoms with van der Waals surface area (Å²) in [6.07, 6.45) is 3.65. The predicted octanol–water partition coefficient (Wildman–Crippen LogP) is 2.29. The fraction of sp³-hybridized carbons (Fsp3) is 0.857. The van der Waals surface area contributed by atoms with Gasteiger partial charge in [-0.2, -0.15) is 0 Å². The van der Waals surface area contributed by atoms with E-state index < -0.39 is 12.1 Å². The van der Waals surface area contributed by atoms with Crippen LogP contribution in [0.1, 0.15) is 52.9 Å². The van der Waals surface area contributed by atoms with Gasteiger partial charge in [0, 0.05) is 13.1 Å². The van der Waals surface area contributed by atoms with E-state index in [2.05, 4.69) is 6.92 Å². The van der Waals surface area contributed by atoms with Crippen LogP contribution in [0.25, 0.3) is 0 Å². The van der Waals surface area contributed by atoms with E-state index in [0.29, 0.717) is 19.5 Å². The highest BCUT2D eigenvalue weighted by Gasteiger charge is 2.20. The summed E-state index contributed by atoms with van der Waals surface area (Å²) in [4.78, 5) is 24.4. The molecule has 0 aromatic carbocycles. The van der Waals surface area contributed by atoms with E-state index in [1.807, 2.05) is 13.8 Å². The van der Waals surface area contributed by atoms with Gasteiger partial charge < -0.3 is 14.7 Å². The number of hydrogen-bond donors (Lipinski definition) is 1. The van der Waals surface area contributed by atoms with Gasteiger partial charge in [0.15, 0.2) is 6.10 Å². The van der Waals surface area contributed by atoms with Gasteiger partial charge >= 0.3 is 5.97 Å². The van der Waals surface area contributed by atoms with E-state index in [-0.39, 0.29) is 12.5 Å². The first kappa shape index (κ1) is 17.9. The van der Waals surface area contributed by atoms with Crippen molar-refractivity contribution >= 4 is 11.9 Å². The second-order valence-corrected chi connectivity index (χ2v) is 4.55. The topological polar surface area (TPSA) is 66.8 Å². The number of hydrogen-bond acceptors (Lipinski definition) is 3. The van der Waals surface area contributed by atoms with Crippen molar-refractivity contribution in [2.75, 3.05) is 19.7 Å². The third-order valence-electron chi connectivity index (χ3n) is 3.12. The molecular weight excluding hydrogens is 246 g/mol. The van der Waals surface area contributed by atoms with Crippen molar-refractivity contribution in [2.45, 2.75) is 59.0 Å². The average molecular weight is 273 g/mol. The Hall–Kier alpha value is -1.10. The third-order valence-corrected chi connectivity index (χ3v) is 3.12. The van der Waals surface area contributed by atoms with Gasteiger partial charge in [-0.1, -0.05) is 32.6 Å². The zero-order chi connectivity index (χ0) is 14.7. The Bertz CT molecular complexity index is 264. The first-order chi connectivity index (χ1) is 9.06. The number of unbranched alkanes of at least 4 members (excludes halogenated alkanes) is 3. The zero-order valence-electron chi connectivity index (χ0n) is 12.4. The summed E-state index contributed by atoms with van der Waals surface area (Å²) in [7, 11) is 0. The monoisotopic (exact) mass is 273 g/mol. The molecule has 0 aliphatic heterocycles. The first-order valence-electron chi connectivity index (χ1n) is 7.18. The molecule has 0 saturated carbocycles. The highest BCUT2D eigenvalue weighted by atomic mass is 16.5. The highest BCUT2D eigenvalue weighted by Crippen LogP contribution is 2.09. The van der Waals surface area contributed by atoms with E-state index in [4.69, 9.17) is 9.84 Å². The second-order valence-electron chi connectivity index (χ2n) is 4.55. The third kappa shape index (κ3) is 7.82. The van der Waals surface area contributed by atoms with Crippen LogP contribution in [-0.2, 0) is 14.3 Å². The van der Waals surface area contributed by atoms with Crippen LogP contribution >= 0.6 is 0 Å². The molecule has 5 heteroatoms. The number of amides is 1. The molecule has 1 N–H and O–H groups in total. The van der Waals surface area contributed by atoms with E-state index in [0.717, 1.165) is 25.7 Å². The maximum Gasteiger partial charge on any atom is 0.332 e. The molecule has 0 aromatic heterocycles. The summed E-state index contributed by atoms with van der Waals surface area (Å²) in [5, 5.41) is 9.05. The predicted molar refractivity (Wildman–Crippen MR) is 74.1 cm³/mol. The van der Waals surface area contributed by atoms with Crippen LogP contribution in [-0.4, -0.2) is 47.7 Å². The number of carboxylic acid groups (broad SMARTS) is 1. The quantitative estimate of drug-likeness (QED) is 0.587. The molecule has 1 atom stereocenters. The Morgan fingerprint density at radius 3 is 2.21 bits per heavy atom. The van der Waals surface area contributed by atoms with Crippen molar-refractivity contribution in [2.24, 2.45) is 0 Å². The van der Waals surface area contributed by atoms with Crippen LogP contribution in [0, 0.1) is 0 Å². The number of rotatable bonds is 11. The van der Waals surface area contributed by atoms with Crippen molar-refractivity contribution < 1.29 is 19.4 Å². The van der Waals surface area contributed by atoms with Gasteiger partial charge in [-0.3, -0.25) is 4.79 Å². The molecule has 0 spiro atoms. The van der Waals surface area contributed by atoms with Crippen LogP contribution in [0.3, 0.4) is 0 Å². The lowest BCUT2D eigenvalue weighted by atomic mass is 10.1. The Labute approximate surface area is 115 Å². The number of carboxylic acids is 1. The van der Waals surface area contributed by atoms with E-state index in [1.165, 1.54) is 0 Å². The Kier molecular flexibility index (Phi) is 10.2. The van der Waals surface area contributed by atoms with Crippen molar-refractivity contribution in [1.82, 2.24) is 4.90 Å². The van der Waals surface area contributed by atoms with E-state index in [1.54, 1.807) is 4.90 Å². The molecule has 0 radical (unpaired) electrons. The molecular formula is C14H27NO4. The maximum absolute atomic E-state index is 11.7. The van der Waals surface area contributed by atoms with Gasteiger partial charge in [0.05, 0.1) is 0 Å². The first-order valence-corrected chi connectivity index (χ1v) is 7.18. The van der Waals surface area contributed by atoms with E-state index in [9.17, 15) is 9.59 Å². The number of carbonyl (C=O) groups is 2.